The molecule has 0 aromatic heterocycles. The molecule has 28 heavy (non-hydrogen) atoms. The molecular formula is C20H28N2O5S. The van der Waals surface area contributed by atoms with Crippen LogP contribution in [0, 0.1) is 5.92 Å². The van der Waals surface area contributed by atoms with Crippen molar-refractivity contribution in [3.63, 3.8) is 0 Å². The van der Waals surface area contributed by atoms with Crippen molar-refractivity contribution >= 4 is 29.2 Å². The molecule has 0 saturated carbocycles. The first-order chi connectivity index (χ1) is 13.5. The maximum atomic E-state index is 12.5. The zero-order chi connectivity index (χ0) is 20.4. The molecule has 1 fully saturated rings. The molecule has 1 N–H and O–H groups in total. The van der Waals surface area contributed by atoms with Crippen molar-refractivity contribution in [1.82, 2.24) is 10.2 Å². The number of carbonyl (C=O) groups is 2. The molecule has 1 aliphatic heterocycles. The molecule has 0 aliphatic carbocycles. The van der Waals surface area contributed by atoms with E-state index in [-0.39, 0.29) is 17.8 Å². The fraction of sp³-hybridized carbons (Fsp3) is 0.550. The van der Waals surface area contributed by atoms with Gasteiger partial charge < -0.3 is 19.1 Å². The van der Waals surface area contributed by atoms with E-state index in [4.69, 9.17) is 26.4 Å². The van der Waals surface area contributed by atoms with Gasteiger partial charge in [0.15, 0.2) is 5.11 Å². The Kier molecular flexibility index (Phi) is 9.16. The number of amides is 1. The minimum absolute atomic E-state index is 0.0970. The van der Waals surface area contributed by atoms with Crippen molar-refractivity contribution in [3.05, 3.63) is 29.8 Å². The molecule has 0 spiro atoms. The first kappa shape index (κ1) is 22.1. The Bertz CT molecular complexity index is 674. The minimum atomic E-state index is -0.284. The average Bonchev–Trinajstić information content (AvgIpc) is 2.71. The lowest BCUT2D eigenvalue weighted by molar-refractivity contribution is -0.149. The number of ether oxygens (including phenoxy) is 3. The Balaban J connectivity index is 1.82. The lowest BCUT2D eigenvalue weighted by atomic mass is 9.97. The number of nitrogens with one attached hydrogen (secondary N) is 1. The number of hydrogen-bond donors (Lipinski definition) is 1. The Labute approximate surface area is 171 Å². The fourth-order valence-electron chi connectivity index (χ4n) is 2.92. The third kappa shape index (κ3) is 6.76. The SMILES string of the molecule is CCOCCOc1cccc(C(=O)NC(=S)N2CCC(C(=O)OCC)CC2)c1. The van der Waals surface area contributed by atoms with Gasteiger partial charge in [-0.3, -0.25) is 14.9 Å². The van der Waals surface area contributed by atoms with Gasteiger partial charge in [-0.1, -0.05) is 6.07 Å². The summed E-state index contributed by atoms with van der Waals surface area (Å²) in [5.41, 5.74) is 0.470. The smallest absolute Gasteiger partial charge is 0.309 e. The molecule has 1 amide bonds. The molecule has 1 aromatic carbocycles. The van der Waals surface area contributed by atoms with E-state index in [9.17, 15) is 9.59 Å². The topological polar surface area (TPSA) is 77.1 Å². The molecule has 154 valence electrons. The summed E-state index contributed by atoms with van der Waals surface area (Å²) in [6.07, 6.45) is 1.33. The summed E-state index contributed by atoms with van der Waals surface area (Å²) >= 11 is 5.37. The van der Waals surface area contributed by atoms with Crippen molar-refractivity contribution in [3.8, 4) is 5.75 Å². The molecule has 1 heterocycles. The van der Waals surface area contributed by atoms with E-state index in [0.717, 1.165) is 0 Å². The number of rotatable bonds is 8. The summed E-state index contributed by atoms with van der Waals surface area (Å²) < 4.78 is 15.9. The van der Waals surface area contributed by atoms with Crippen LogP contribution in [0.5, 0.6) is 5.75 Å². The summed E-state index contributed by atoms with van der Waals surface area (Å²) in [6, 6.07) is 6.94. The molecular weight excluding hydrogens is 380 g/mol. The van der Waals surface area contributed by atoms with Crippen LogP contribution < -0.4 is 10.1 Å². The zero-order valence-corrected chi connectivity index (χ0v) is 17.3. The van der Waals surface area contributed by atoms with Crippen molar-refractivity contribution in [2.45, 2.75) is 26.7 Å². The molecule has 0 radical (unpaired) electrons. The summed E-state index contributed by atoms with van der Waals surface area (Å²) in [6.45, 7) is 6.91. The fourth-order valence-corrected chi connectivity index (χ4v) is 3.19. The molecule has 1 aromatic rings. The third-order valence-corrected chi connectivity index (χ3v) is 4.78. The number of nitrogens with zero attached hydrogens (tertiary/aromatic N) is 1. The van der Waals surface area contributed by atoms with Crippen LogP contribution >= 0.6 is 12.2 Å². The molecule has 0 atom stereocenters. The molecule has 1 saturated heterocycles. The molecule has 7 nitrogen and oxygen atoms in total. The largest absolute Gasteiger partial charge is 0.491 e. The summed E-state index contributed by atoms with van der Waals surface area (Å²) in [4.78, 5) is 26.2. The molecule has 0 bridgehead atoms. The van der Waals surface area contributed by atoms with E-state index in [2.05, 4.69) is 5.32 Å². The van der Waals surface area contributed by atoms with E-state index in [1.165, 1.54) is 0 Å². The third-order valence-electron chi connectivity index (χ3n) is 4.42. The highest BCUT2D eigenvalue weighted by molar-refractivity contribution is 7.80. The first-order valence-electron chi connectivity index (χ1n) is 9.62. The van der Waals surface area contributed by atoms with Gasteiger partial charge in [0.1, 0.15) is 12.4 Å². The van der Waals surface area contributed by atoms with Gasteiger partial charge in [-0.2, -0.15) is 0 Å². The monoisotopic (exact) mass is 408 g/mol. The number of piperidine rings is 1. The second-order valence-corrected chi connectivity index (χ2v) is 6.73. The Morgan fingerprint density at radius 1 is 1.18 bits per heavy atom. The van der Waals surface area contributed by atoms with Gasteiger partial charge in [0, 0.05) is 25.3 Å². The van der Waals surface area contributed by atoms with E-state index < -0.39 is 0 Å². The Morgan fingerprint density at radius 2 is 1.93 bits per heavy atom. The number of carbonyl (C=O) groups excluding carboxylic acids is 2. The zero-order valence-electron chi connectivity index (χ0n) is 16.4. The second kappa shape index (κ2) is 11.6. The standard InChI is InChI=1S/C20H28N2O5S/c1-3-25-12-13-27-17-7-5-6-16(14-17)18(23)21-20(28)22-10-8-15(9-11-22)19(24)26-4-2/h5-7,14-15H,3-4,8-13H2,1-2H3,(H,21,23,28). The Morgan fingerprint density at radius 3 is 2.61 bits per heavy atom. The summed E-state index contributed by atoms with van der Waals surface area (Å²) in [5.74, 6) is 0.0692. The normalized spacial score (nSPS) is 14.4. The maximum Gasteiger partial charge on any atom is 0.309 e. The van der Waals surface area contributed by atoms with E-state index in [0.29, 0.717) is 68.8 Å². The van der Waals surface area contributed by atoms with Crippen molar-refractivity contribution in [2.75, 3.05) is 39.5 Å². The van der Waals surface area contributed by atoms with Crippen molar-refractivity contribution in [2.24, 2.45) is 5.92 Å². The quantitative estimate of drug-likeness (QED) is 0.402. The highest BCUT2D eigenvalue weighted by atomic mass is 32.1. The van der Waals surface area contributed by atoms with Gasteiger partial charge >= 0.3 is 5.97 Å². The van der Waals surface area contributed by atoms with Crippen LogP contribution in [0.3, 0.4) is 0 Å². The lowest BCUT2D eigenvalue weighted by Gasteiger charge is -2.32. The number of thiocarbonyl (C=S) groups is 1. The highest BCUT2D eigenvalue weighted by Gasteiger charge is 2.27. The van der Waals surface area contributed by atoms with Crippen molar-refractivity contribution in [1.29, 1.82) is 0 Å². The average molecular weight is 409 g/mol. The Hall–Kier alpha value is -2.19. The van der Waals surface area contributed by atoms with Crippen LogP contribution in [0.25, 0.3) is 0 Å². The second-order valence-electron chi connectivity index (χ2n) is 6.35. The van der Waals surface area contributed by atoms with Crippen LogP contribution in [-0.4, -0.2) is 61.4 Å². The van der Waals surface area contributed by atoms with Gasteiger partial charge in [0.05, 0.1) is 19.1 Å². The molecule has 1 aliphatic rings. The van der Waals surface area contributed by atoms with Crippen LogP contribution in [-0.2, 0) is 14.3 Å². The number of benzene rings is 1. The van der Waals surface area contributed by atoms with E-state index in [1.807, 2.05) is 11.8 Å². The number of esters is 1. The predicted molar refractivity (Wildman–Crippen MR) is 109 cm³/mol. The molecule has 0 unspecified atom stereocenters. The summed E-state index contributed by atoms with van der Waals surface area (Å²) in [7, 11) is 0. The van der Waals surface area contributed by atoms with E-state index >= 15 is 0 Å². The van der Waals surface area contributed by atoms with Crippen LogP contribution in [0.15, 0.2) is 24.3 Å². The van der Waals surface area contributed by atoms with Gasteiger partial charge in [-0.25, -0.2) is 0 Å². The van der Waals surface area contributed by atoms with Gasteiger partial charge in [0.25, 0.3) is 5.91 Å². The maximum absolute atomic E-state index is 12.5. The minimum Gasteiger partial charge on any atom is -0.491 e. The van der Waals surface area contributed by atoms with Crippen molar-refractivity contribution < 1.29 is 23.8 Å². The first-order valence-corrected chi connectivity index (χ1v) is 10.0. The number of hydrogen-bond acceptors (Lipinski definition) is 6. The molecule has 8 heteroatoms. The lowest BCUT2D eigenvalue weighted by Crippen LogP contribution is -2.47. The number of likely N-dealkylation sites (tertiary alicyclic amines) is 1. The van der Waals surface area contributed by atoms with Gasteiger partial charge in [-0.05, 0) is 57.1 Å². The van der Waals surface area contributed by atoms with E-state index in [1.54, 1.807) is 31.2 Å². The van der Waals surface area contributed by atoms with Gasteiger partial charge in [-0.15, -0.1) is 0 Å². The van der Waals surface area contributed by atoms with Crippen LogP contribution in [0.4, 0.5) is 0 Å². The highest BCUT2D eigenvalue weighted by Crippen LogP contribution is 2.19. The molecule has 2 rings (SSSR count). The van der Waals surface area contributed by atoms with Gasteiger partial charge in [0.2, 0.25) is 0 Å². The predicted octanol–water partition coefficient (Wildman–Crippen LogP) is 2.39. The van der Waals surface area contributed by atoms with Crippen LogP contribution in [0.1, 0.15) is 37.0 Å². The van der Waals surface area contributed by atoms with Crippen LogP contribution in [0.2, 0.25) is 0 Å². The summed E-state index contributed by atoms with van der Waals surface area (Å²) in [5, 5.41) is 3.13.